The molecule has 2 rings (SSSR count). The Labute approximate surface area is 128 Å². The summed E-state index contributed by atoms with van der Waals surface area (Å²) in [7, 11) is 3.30. The van der Waals surface area contributed by atoms with E-state index in [0.717, 1.165) is 11.4 Å². The van der Waals surface area contributed by atoms with E-state index < -0.39 is 0 Å². The van der Waals surface area contributed by atoms with Crippen LogP contribution in [0.1, 0.15) is 10.4 Å². The molecule has 0 heterocycles. The molecule has 0 atom stereocenters. The molecule has 2 aromatic rings. The Balaban J connectivity index is 2.29. The third-order valence-corrected chi connectivity index (χ3v) is 3.55. The highest BCUT2D eigenvalue weighted by molar-refractivity contribution is 7.80. The molecule has 0 aromatic heterocycles. The number of ether oxygens (including phenoxy) is 1. The third-order valence-electron chi connectivity index (χ3n) is 2.94. The van der Waals surface area contributed by atoms with Gasteiger partial charge < -0.3 is 9.64 Å². The average molecular weight is 308 g/mol. The topological polar surface area (TPSA) is 29.5 Å². The standard InChI is InChI=1S/C15H14ClNO2S/c1-17(10-3-5-11(19-2)6-4-10)15(18)13-9-12(20)7-8-14(13)16/h3-9,20H,1-2H3. The number of methoxy groups -OCH3 is 1. The number of nitrogens with zero attached hydrogens (tertiary/aromatic N) is 1. The van der Waals surface area contributed by atoms with Gasteiger partial charge in [-0.2, -0.15) is 0 Å². The van der Waals surface area contributed by atoms with E-state index in [2.05, 4.69) is 12.6 Å². The van der Waals surface area contributed by atoms with Gasteiger partial charge >= 0.3 is 0 Å². The van der Waals surface area contributed by atoms with Gasteiger partial charge in [-0.3, -0.25) is 4.79 Å². The Bertz CT molecular complexity index is 628. The minimum atomic E-state index is -0.184. The molecular formula is C15H14ClNO2S. The van der Waals surface area contributed by atoms with Crippen molar-refractivity contribution in [3.05, 3.63) is 53.1 Å². The number of anilines is 1. The van der Waals surface area contributed by atoms with Crippen LogP contribution < -0.4 is 9.64 Å². The zero-order valence-electron chi connectivity index (χ0n) is 11.1. The Morgan fingerprint density at radius 3 is 2.45 bits per heavy atom. The molecule has 0 N–H and O–H groups in total. The number of amides is 1. The van der Waals surface area contributed by atoms with Gasteiger partial charge in [0.05, 0.1) is 17.7 Å². The zero-order chi connectivity index (χ0) is 14.7. The summed E-state index contributed by atoms with van der Waals surface area (Å²) in [6.07, 6.45) is 0. The lowest BCUT2D eigenvalue weighted by Gasteiger charge is -2.18. The molecule has 0 saturated carbocycles. The first-order valence-electron chi connectivity index (χ1n) is 5.93. The monoisotopic (exact) mass is 307 g/mol. The van der Waals surface area contributed by atoms with Crippen molar-refractivity contribution in [1.82, 2.24) is 0 Å². The summed E-state index contributed by atoms with van der Waals surface area (Å²) in [5, 5.41) is 0.410. The fourth-order valence-corrected chi connectivity index (χ4v) is 2.18. The maximum atomic E-state index is 12.4. The van der Waals surface area contributed by atoms with Crippen molar-refractivity contribution >= 4 is 35.8 Å². The Morgan fingerprint density at radius 2 is 1.85 bits per heavy atom. The van der Waals surface area contributed by atoms with E-state index in [0.29, 0.717) is 15.5 Å². The summed E-state index contributed by atoms with van der Waals surface area (Å²) < 4.78 is 5.09. The first-order chi connectivity index (χ1) is 9.52. The van der Waals surface area contributed by atoms with Gasteiger partial charge in [0.15, 0.2) is 0 Å². The number of hydrogen-bond acceptors (Lipinski definition) is 3. The SMILES string of the molecule is COc1ccc(N(C)C(=O)c2cc(S)ccc2Cl)cc1. The van der Waals surface area contributed by atoms with Crippen LogP contribution >= 0.6 is 24.2 Å². The van der Waals surface area contributed by atoms with Gasteiger partial charge in [0.1, 0.15) is 5.75 Å². The van der Waals surface area contributed by atoms with Gasteiger partial charge in [-0.25, -0.2) is 0 Å². The Hall–Kier alpha value is -1.65. The van der Waals surface area contributed by atoms with Crippen LogP contribution in [0, 0.1) is 0 Å². The van der Waals surface area contributed by atoms with Crippen molar-refractivity contribution in [2.45, 2.75) is 4.90 Å². The molecule has 0 radical (unpaired) electrons. The van der Waals surface area contributed by atoms with Gasteiger partial charge in [-0.15, -0.1) is 12.6 Å². The highest BCUT2D eigenvalue weighted by Gasteiger charge is 2.16. The molecule has 2 aromatic carbocycles. The van der Waals surface area contributed by atoms with E-state index in [-0.39, 0.29) is 5.91 Å². The van der Waals surface area contributed by atoms with E-state index in [1.54, 1.807) is 44.5 Å². The molecular weight excluding hydrogens is 294 g/mol. The van der Waals surface area contributed by atoms with Crippen molar-refractivity contribution in [2.24, 2.45) is 0 Å². The fourth-order valence-electron chi connectivity index (χ4n) is 1.78. The number of carbonyl (C=O) groups is 1. The lowest BCUT2D eigenvalue weighted by Crippen LogP contribution is -2.26. The zero-order valence-corrected chi connectivity index (χ0v) is 12.8. The Kier molecular flexibility index (Phi) is 4.57. The molecule has 0 bridgehead atoms. The molecule has 0 aliphatic rings. The minimum Gasteiger partial charge on any atom is -0.497 e. The van der Waals surface area contributed by atoms with Gasteiger partial charge in [0, 0.05) is 17.6 Å². The normalized spacial score (nSPS) is 10.2. The van der Waals surface area contributed by atoms with Crippen molar-refractivity contribution in [2.75, 3.05) is 19.1 Å². The summed E-state index contributed by atoms with van der Waals surface area (Å²) in [4.78, 5) is 14.7. The summed E-state index contributed by atoms with van der Waals surface area (Å²) in [5.41, 5.74) is 1.19. The second-order valence-corrected chi connectivity index (χ2v) is 5.15. The second kappa shape index (κ2) is 6.20. The number of thiol groups is 1. The summed E-state index contributed by atoms with van der Waals surface area (Å²) in [5.74, 6) is 0.557. The van der Waals surface area contributed by atoms with E-state index in [4.69, 9.17) is 16.3 Å². The lowest BCUT2D eigenvalue weighted by atomic mass is 10.2. The Morgan fingerprint density at radius 1 is 1.20 bits per heavy atom. The van der Waals surface area contributed by atoms with Crippen molar-refractivity contribution in [3.63, 3.8) is 0 Å². The maximum Gasteiger partial charge on any atom is 0.259 e. The molecule has 104 valence electrons. The number of carbonyl (C=O) groups excluding carboxylic acids is 1. The van der Waals surface area contributed by atoms with Crippen LogP contribution in [-0.2, 0) is 0 Å². The molecule has 5 heteroatoms. The fraction of sp³-hybridized carbons (Fsp3) is 0.133. The van der Waals surface area contributed by atoms with Crippen molar-refractivity contribution in [3.8, 4) is 5.75 Å². The van der Waals surface area contributed by atoms with E-state index in [1.165, 1.54) is 4.90 Å². The van der Waals surface area contributed by atoms with Gasteiger partial charge in [0.2, 0.25) is 0 Å². The molecule has 0 aliphatic carbocycles. The van der Waals surface area contributed by atoms with Crippen molar-refractivity contribution < 1.29 is 9.53 Å². The molecule has 0 spiro atoms. The van der Waals surface area contributed by atoms with Crippen LogP contribution in [0.4, 0.5) is 5.69 Å². The highest BCUT2D eigenvalue weighted by atomic mass is 35.5. The summed E-state index contributed by atoms with van der Waals surface area (Å²) in [6.45, 7) is 0. The average Bonchev–Trinajstić information content (AvgIpc) is 2.48. The molecule has 20 heavy (non-hydrogen) atoms. The van der Waals surface area contributed by atoms with Crippen LogP contribution in [0.15, 0.2) is 47.4 Å². The number of halogens is 1. The quantitative estimate of drug-likeness (QED) is 0.871. The molecule has 0 unspecified atom stereocenters. The van der Waals surface area contributed by atoms with Gasteiger partial charge in [0.25, 0.3) is 5.91 Å². The summed E-state index contributed by atoms with van der Waals surface area (Å²) in [6, 6.07) is 12.3. The van der Waals surface area contributed by atoms with Gasteiger partial charge in [-0.1, -0.05) is 11.6 Å². The van der Waals surface area contributed by atoms with E-state index >= 15 is 0 Å². The molecule has 1 amide bonds. The smallest absolute Gasteiger partial charge is 0.259 e. The largest absolute Gasteiger partial charge is 0.497 e. The molecule has 0 aliphatic heterocycles. The number of rotatable bonds is 3. The predicted molar refractivity (Wildman–Crippen MR) is 84.4 cm³/mol. The molecule has 0 saturated heterocycles. The van der Waals surface area contributed by atoms with E-state index in [1.807, 2.05) is 12.1 Å². The van der Waals surface area contributed by atoms with E-state index in [9.17, 15) is 4.79 Å². The molecule has 3 nitrogen and oxygen atoms in total. The third kappa shape index (κ3) is 3.08. The molecule has 0 fully saturated rings. The van der Waals surface area contributed by atoms with Crippen LogP contribution in [0.5, 0.6) is 5.75 Å². The van der Waals surface area contributed by atoms with Gasteiger partial charge in [-0.05, 0) is 42.5 Å². The van der Waals surface area contributed by atoms with Crippen molar-refractivity contribution in [1.29, 1.82) is 0 Å². The predicted octanol–water partition coefficient (Wildman–Crippen LogP) is 3.91. The van der Waals surface area contributed by atoms with Crippen LogP contribution in [-0.4, -0.2) is 20.1 Å². The lowest BCUT2D eigenvalue weighted by molar-refractivity contribution is 0.0993. The number of benzene rings is 2. The van der Waals surface area contributed by atoms with Crippen LogP contribution in [0.3, 0.4) is 0 Å². The first kappa shape index (κ1) is 14.8. The minimum absolute atomic E-state index is 0.184. The van der Waals surface area contributed by atoms with Crippen LogP contribution in [0.25, 0.3) is 0 Å². The number of hydrogen-bond donors (Lipinski definition) is 1. The highest BCUT2D eigenvalue weighted by Crippen LogP contribution is 2.24. The summed E-state index contributed by atoms with van der Waals surface area (Å²) >= 11 is 10.3. The second-order valence-electron chi connectivity index (χ2n) is 4.23. The van der Waals surface area contributed by atoms with Crippen LogP contribution in [0.2, 0.25) is 5.02 Å². The first-order valence-corrected chi connectivity index (χ1v) is 6.76. The maximum absolute atomic E-state index is 12.4.